The number of hydrogen-bond acceptors (Lipinski definition) is 3. The summed E-state index contributed by atoms with van der Waals surface area (Å²) in [6.45, 7) is 12.7. The molecule has 38 heavy (non-hydrogen) atoms. The topological polar surface area (TPSA) is 6.48 Å². The van der Waals surface area contributed by atoms with Crippen molar-refractivity contribution < 1.29 is 0 Å². The third kappa shape index (κ3) is 8.35. The monoisotopic (exact) mass is 532 g/mol. The van der Waals surface area contributed by atoms with Crippen molar-refractivity contribution in [1.82, 2.24) is 9.80 Å². The molecule has 0 N–H and O–H groups in total. The molecule has 2 aromatic rings. The first kappa shape index (κ1) is 28.2. The van der Waals surface area contributed by atoms with Crippen molar-refractivity contribution in [2.75, 3.05) is 39.3 Å². The van der Waals surface area contributed by atoms with Gasteiger partial charge in [-0.25, -0.2) is 0 Å². The normalized spacial score (nSPS) is 19.4. The lowest BCUT2D eigenvalue weighted by molar-refractivity contribution is 0.189. The molecule has 0 amide bonds. The van der Waals surface area contributed by atoms with Crippen molar-refractivity contribution in [2.45, 2.75) is 107 Å². The minimum atomic E-state index is 0.940. The third-order valence-corrected chi connectivity index (χ3v) is 10.7. The lowest BCUT2D eigenvalue weighted by atomic mass is 9.97. The summed E-state index contributed by atoms with van der Waals surface area (Å²) in [5.41, 5.74) is 6.18. The minimum absolute atomic E-state index is 0.940. The number of benzene rings is 2. The standard InChI is InChI=1S/C35H52N2S/c1-28-15-21-36(22-16-28)19-7-3-5-9-30-11-13-34-32(25-30)27-33-26-31(12-14-35(33)38-34)10-6-4-8-20-37-23-17-29(2)18-24-37/h11-14,25-26,28-29H,3-10,15-24,27H2,1-2H3. The maximum absolute atomic E-state index is 2.69. The zero-order valence-corrected chi connectivity index (χ0v) is 25.2. The summed E-state index contributed by atoms with van der Waals surface area (Å²) in [7, 11) is 0. The Kier molecular flexibility index (Phi) is 10.7. The van der Waals surface area contributed by atoms with Crippen molar-refractivity contribution in [2.24, 2.45) is 11.8 Å². The van der Waals surface area contributed by atoms with E-state index in [1.807, 2.05) is 11.8 Å². The molecule has 208 valence electrons. The smallest absolute Gasteiger partial charge is 0.0158 e. The molecule has 0 saturated carbocycles. The predicted molar refractivity (Wildman–Crippen MR) is 165 cm³/mol. The molecular weight excluding hydrogens is 480 g/mol. The van der Waals surface area contributed by atoms with Crippen LogP contribution in [0.25, 0.3) is 0 Å². The zero-order valence-electron chi connectivity index (χ0n) is 24.4. The number of piperidine rings is 2. The van der Waals surface area contributed by atoms with E-state index in [0.29, 0.717) is 0 Å². The second-order valence-electron chi connectivity index (χ2n) is 12.8. The number of aryl methyl sites for hydroxylation is 2. The maximum atomic E-state index is 2.69. The van der Waals surface area contributed by atoms with Crippen LogP contribution in [0.4, 0.5) is 0 Å². The molecule has 0 unspecified atom stereocenters. The number of likely N-dealkylation sites (tertiary alicyclic amines) is 2. The molecule has 2 saturated heterocycles. The van der Waals surface area contributed by atoms with E-state index in [4.69, 9.17) is 0 Å². The lowest BCUT2D eigenvalue weighted by Crippen LogP contribution is -2.33. The van der Waals surface area contributed by atoms with E-state index in [1.165, 1.54) is 126 Å². The van der Waals surface area contributed by atoms with Gasteiger partial charge in [-0.1, -0.05) is 62.7 Å². The molecule has 0 spiro atoms. The molecule has 3 heteroatoms. The van der Waals surface area contributed by atoms with E-state index in [0.717, 1.165) is 18.3 Å². The number of nitrogens with zero attached hydrogens (tertiary/aromatic N) is 2. The van der Waals surface area contributed by atoms with Crippen LogP contribution < -0.4 is 0 Å². The second kappa shape index (κ2) is 14.4. The van der Waals surface area contributed by atoms with Crippen LogP contribution in [-0.2, 0) is 19.3 Å². The lowest BCUT2D eigenvalue weighted by Gasteiger charge is -2.30. The van der Waals surface area contributed by atoms with Crippen molar-refractivity contribution in [3.8, 4) is 0 Å². The van der Waals surface area contributed by atoms with Crippen molar-refractivity contribution in [3.05, 3.63) is 58.7 Å². The van der Waals surface area contributed by atoms with Crippen LogP contribution in [0.3, 0.4) is 0 Å². The van der Waals surface area contributed by atoms with Gasteiger partial charge in [0.2, 0.25) is 0 Å². The molecule has 0 bridgehead atoms. The van der Waals surface area contributed by atoms with Crippen LogP contribution in [0.15, 0.2) is 46.2 Å². The van der Waals surface area contributed by atoms with Gasteiger partial charge in [0.15, 0.2) is 0 Å². The van der Waals surface area contributed by atoms with Gasteiger partial charge in [0.05, 0.1) is 0 Å². The molecule has 3 aliphatic heterocycles. The van der Waals surface area contributed by atoms with E-state index in [-0.39, 0.29) is 0 Å². The highest BCUT2D eigenvalue weighted by Crippen LogP contribution is 2.40. The predicted octanol–water partition coefficient (Wildman–Crippen LogP) is 8.63. The highest BCUT2D eigenvalue weighted by molar-refractivity contribution is 7.99. The molecule has 2 nitrogen and oxygen atoms in total. The molecule has 0 atom stereocenters. The van der Waals surface area contributed by atoms with E-state index in [2.05, 4.69) is 60.0 Å². The quantitative estimate of drug-likeness (QED) is 0.216. The maximum Gasteiger partial charge on any atom is 0.0158 e. The summed E-state index contributed by atoms with van der Waals surface area (Å²) in [5, 5.41) is 0. The Labute approximate surface area is 238 Å². The number of unbranched alkanes of at least 4 members (excludes halogenated alkanes) is 4. The van der Waals surface area contributed by atoms with Gasteiger partial charge >= 0.3 is 0 Å². The average Bonchev–Trinajstić information content (AvgIpc) is 2.93. The van der Waals surface area contributed by atoms with Gasteiger partial charge in [0.25, 0.3) is 0 Å². The summed E-state index contributed by atoms with van der Waals surface area (Å²) in [6, 6.07) is 14.6. The Balaban J connectivity index is 1.02. The minimum Gasteiger partial charge on any atom is -0.303 e. The molecular formula is C35H52N2S. The van der Waals surface area contributed by atoms with Crippen molar-refractivity contribution in [3.63, 3.8) is 0 Å². The highest BCUT2D eigenvalue weighted by Gasteiger charge is 2.18. The van der Waals surface area contributed by atoms with Crippen LogP contribution in [0.2, 0.25) is 0 Å². The fourth-order valence-electron chi connectivity index (χ4n) is 6.63. The molecule has 0 aromatic heterocycles. The Morgan fingerprint density at radius 3 is 1.50 bits per heavy atom. The van der Waals surface area contributed by atoms with E-state index in [9.17, 15) is 0 Å². The second-order valence-corrected chi connectivity index (χ2v) is 13.9. The molecule has 0 radical (unpaired) electrons. The molecule has 2 fully saturated rings. The van der Waals surface area contributed by atoms with Gasteiger partial charge < -0.3 is 9.80 Å². The molecule has 0 aliphatic carbocycles. The van der Waals surface area contributed by atoms with Crippen LogP contribution in [0.5, 0.6) is 0 Å². The van der Waals surface area contributed by atoms with Gasteiger partial charge in [0, 0.05) is 9.79 Å². The number of fused-ring (bicyclic) bond motifs is 2. The van der Waals surface area contributed by atoms with Gasteiger partial charge in [-0.05, 0) is 156 Å². The Hall–Kier alpha value is -1.29. The number of hydrogen-bond donors (Lipinski definition) is 0. The Morgan fingerprint density at radius 1 is 0.605 bits per heavy atom. The highest BCUT2D eigenvalue weighted by atomic mass is 32.2. The SMILES string of the molecule is CC1CCN(CCCCCc2ccc3c(c2)Cc2cc(CCCCCN4CCC(C)CC4)ccc2S3)CC1. The summed E-state index contributed by atoms with van der Waals surface area (Å²) < 4.78 is 0. The largest absolute Gasteiger partial charge is 0.303 e. The van der Waals surface area contributed by atoms with Crippen LogP contribution in [0.1, 0.15) is 100 Å². The molecule has 3 heterocycles. The summed E-state index contributed by atoms with van der Waals surface area (Å²) in [4.78, 5) is 8.33. The fourth-order valence-corrected chi connectivity index (χ4v) is 7.66. The zero-order chi connectivity index (χ0) is 26.2. The Bertz CT molecular complexity index is 921. The summed E-state index contributed by atoms with van der Waals surface area (Å²) in [5.74, 6) is 1.88. The van der Waals surface area contributed by atoms with Crippen LogP contribution >= 0.6 is 11.8 Å². The Morgan fingerprint density at radius 2 is 1.05 bits per heavy atom. The number of rotatable bonds is 12. The van der Waals surface area contributed by atoms with Gasteiger partial charge in [-0.3, -0.25) is 0 Å². The summed E-state index contributed by atoms with van der Waals surface area (Å²) in [6.07, 6.45) is 17.3. The first-order chi connectivity index (χ1) is 18.6. The van der Waals surface area contributed by atoms with Gasteiger partial charge in [0.1, 0.15) is 0 Å². The molecule has 3 aliphatic rings. The van der Waals surface area contributed by atoms with E-state index >= 15 is 0 Å². The molecule has 5 rings (SSSR count). The van der Waals surface area contributed by atoms with Gasteiger partial charge in [-0.2, -0.15) is 0 Å². The van der Waals surface area contributed by atoms with E-state index in [1.54, 1.807) is 22.3 Å². The van der Waals surface area contributed by atoms with Crippen molar-refractivity contribution >= 4 is 11.8 Å². The first-order valence-electron chi connectivity index (χ1n) is 16.0. The summed E-state index contributed by atoms with van der Waals surface area (Å²) >= 11 is 1.98. The first-order valence-corrected chi connectivity index (χ1v) is 16.8. The van der Waals surface area contributed by atoms with Crippen LogP contribution in [-0.4, -0.2) is 49.1 Å². The van der Waals surface area contributed by atoms with Crippen molar-refractivity contribution in [1.29, 1.82) is 0 Å². The van der Waals surface area contributed by atoms with Crippen LogP contribution in [0, 0.1) is 11.8 Å². The van der Waals surface area contributed by atoms with E-state index < -0.39 is 0 Å². The third-order valence-electron chi connectivity index (χ3n) is 9.48. The average molecular weight is 533 g/mol. The van der Waals surface area contributed by atoms with Gasteiger partial charge in [-0.15, -0.1) is 0 Å². The fraction of sp³-hybridized carbons (Fsp3) is 0.657. The molecule has 2 aromatic carbocycles.